The topological polar surface area (TPSA) is 102 Å². The highest BCUT2D eigenvalue weighted by Crippen LogP contribution is 2.31. The molecule has 2 aromatic rings. The van der Waals surface area contributed by atoms with Crippen molar-refractivity contribution in [3.63, 3.8) is 0 Å². The smallest absolute Gasteiger partial charge is 0.255 e. The SMILES string of the molecule is CNC1CCN(c2ccc3c(c2)CN(C2CCC(=O)NC2=O)C3=O)CC1.OSc1ccccc1. The molecule has 0 radical (unpaired) electrons. The van der Waals surface area contributed by atoms with Crippen LogP contribution in [0.5, 0.6) is 0 Å². The van der Waals surface area contributed by atoms with E-state index in [2.05, 4.69) is 21.6 Å². The van der Waals surface area contributed by atoms with Crippen LogP contribution >= 0.6 is 12.0 Å². The summed E-state index contributed by atoms with van der Waals surface area (Å²) >= 11 is 0.769. The zero-order chi connectivity index (χ0) is 24.1. The van der Waals surface area contributed by atoms with E-state index >= 15 is 0 Å². The molecule has 1 atom stereocenters. The molecule has 9 heteroatoms. The third-order valence-corrected chi connectivity index (χ3v) is 7.11. The fourth-order valence-electron chi connectivity index (χ4n) is 4.67. The van der Waals surface area contributed by atoms with Gasteiger partial charge in [0.05, 0.1) is 0 Å². The van der Waals surface area contributed by atoms with Gasteiger partial charge in [-0.05, 0) is 62.2 Å². The highest BCUT2D eigenvalue weighted by atomic mass is 32.2. The van der Waals surface area contributed by atoms with Crippen molar-refractivity contribution in [2.45, 2.75) is 49.2 Å². The van der Waals surface area contributed by atoms with Crippen molar-refractivity contribution in [3.8, 4) is 0 Å². The van der Waals surface area contributed by atoms with E-state index in [4.69, 9.17) is 4.55 Å². The second-order valence-corrected chi connectivity index (χ2v) is 9.35. The number of hydrogen-bond acceptors (Lipinski definition) is 7. The number of rotatable bonds is 4. The van der Waals surface area contributed by atoms with Crippen LogP contribution in [0.3, 0.4) is 0 Å². The van der Waals surface area contributed by atoms with Crippen molar-refractivity contribution >= 4 is 35.5 Å². The first-order chi connectivity index (χ1) is 16.5. The number of anilines is 1. The molecule has 2 aromatic carbocycles. The molecule has 2 saturated heterocycles. The summed E-state index contributed by atoms with van der Waals surface area (Å²) in [7, 11) is 2.00. The van der Waals surface area contributed by atoms with Crippen LogP contribution in [0.25, 0.3) is 0 Å². The summed E-state index contributed by atoms with van der Waals surface area (Å²) in [5.74, 6) is -0.741. The van der Waals surface area contributed by atoms with E-state index < -0.39 is 6.04 Å². The molecule has 3 amide bonds. The molecular formula is C25H30N4O4S. The lowest BCUT2D eigenvalue weighted by Gasteiger charge is -2.33. The van der Waals surface area contributed by atoms with Gasteiger partial charge in [-0.25, -0.2) is 0 Å². The normalized spacial score (nSPS) is 20.5. The number of nitrogens with one attached hydrogen (secondary N) is 2. The molecule has 0 spiro atoms. The van der Waals surface area contributed by atoms with Gasteiger partial charge in [-0.1, -0.05) is 18.2 Å². The number of hydrogen-bond donors (Lipinski definition) is 3. The first-order valence-electron chi connectivity index (χ1n) is 11.6. The maximum absolute atomic E-state index is 12.7. The highest BCUT2D eigenvalue weighted by Gasteiger charge is 2.39. The van der Waals surface area contributed by atoms with Gasteiger partial charge in [0.25, 0.3) is 5.91 Å². The van der Waals surface area contributed by atoms with Crippen LogP contribution in [0, 0.1) is 0 Å². The number of benzene rings is 2. The Bertz CT molecular complexity index is 1040. The zero-order valence-corrected chi connectivity index (χ0v) is 20.0. The molecule has 5 rings (SSSR count). The fraction of sp³-hybridized carbons (Fsp3) is 0.400. The van der Waals surface area contributed by atoms with E-state index in [1.165, 1.54) is 0 Å². The summed E-state index contributed by atoms with van der Waals surface area (Å²) in [6.45, 7) is 2.42. The van der Waals surface area contributed by atoms with E-state index in [1.807, 2.05) is 49.5 Å². The molecule has 3 N–H and O–H groups in total. The van der Waals surface area contributed by atoms with Gasteiger partial charge in [-0.2, -0.15) is 0 Å². The lowest BCUT2D eigenvalue weighted by atomic mass is 10.0. The number of carbonyl (C=O) groups excluding carboxylic acids is 3. The Morgan fingerprint density at radius 3 is 2.38 bits per heavy atom. The molecule has 0 aromatic heterocycles. The van der Waals surface area contributed by atoms with Crippen LogP contribution in [-0.4, -0.2) is 59.4 Å². The van der Waals surface area contributed by atoms with Crippen LogP contribution < -0.4 is 15.5 Å². The Morgan fingerprint density at radius 2 is 1.76 bits per heavy atom. The van der Waals surface area contributed by atoms with Crippen molar-refractivity contribution < 1.29 is 18.9 Å². The van der Waals surface area contributed by atoms with Crippen LogP contribution in [0.15, 0.2) is 53.4 Å². The number of imide groups is 1. The minimum atomic E-state index is -0.553. The highest BCUT2D eigenvalue weighted by molar-refractivity contribution is 7.93. The molecule has 3 heterocycles. The Balaban J connectivity index is 0.000000291. The van der Waals surface area contributed by atoms with Crippen molar-refractivity contribution in [2.24, 2.45) is 0 Å². The van der Waals surface area contributed by atoms with Crippen LogP contribution in [0.4, 0.5) is 5.69 Å². The summed E-state index contributed by atoms with van der Waals surface area (Å²) in [4.78, 5) is 41.0. The summed E-state index contributed by atoms with van der Waals surface area (Å²) in [6.07, 6.45) is 2.89. The molecule has 3 aliphatic rings. The first-order valence-corrected chi connectivity index (χ1v) is 12.3. The first kappa shape index (κ1) is 24.3. The van der Waals surface area contributed by atoms with Crippen molar-refractivity contribution in [2.75, 3.05) is 25.0 Å². The monoisotopic (exact) mass is 482 g/mol. The van der Waals surface area contributed by atoms with Gasteiger partial charge >= 0.3 is 0 Å². The Hall–Kier alpha value is -2.88. The third-order valence-electron chi connectivity index (χ3n) is 6.62. The zero-order valence-electron chi connectivity index (χ0n) is 19.2. The van der Waals surface area contributed by atoms with E-state index in [-0.39, 0.29) is 24.1 Å². The largest absolute Gasteiger partial charge is 0.371 e. The van der Waals surface area contributed by atoms with Crippen molar-refractivity contribution in [3.05, 3.63) is 59.7 Å². The predicted molar refractivity (Wildman–Crippen MR) is 132 cm³/mol. The average Bonchev–Trinajstić information content (AvgIpc) is 3.20. The second kappa shape index (κ2) is 11.0. The van der Waals surface area contributed by atoms with Gasteiger partial charge in [-0.3, -0.25) is 19.7 Å². The van der Waals surface area contributed by atoms with Crippen LogP contribution in [0.1, 0.15) is 41.6 Å². The molecular weight excluding hydrogens is 452 g/mol. The number of carbonyl (C=O) groups is 3. The Labute approximate surface area is 203 Å². The van der Waals surface area contributed by atoms with E-state index in [0.29, 0.717) is 24.6 Å². The van der Waals surface area contributed by atoms with Gasteiger partial charge in [0.1, 0.15) is 6.04 Å². The molecule has 34 heavy (non-hydrogen) atoms. The molecule has 3 aliphatic heterocycles. The minimum Gasteiger partial charge on any atom is -0.371 e. The van der Waals surface area contributed by atoms with Crippen molar-refractivity contribution in [1.29, 1.82) is 0 Å². The molecule has 1 unspecified atom stereocenters. The lowest BCUT2D eigenvalue weighted by Crippen LogP contribution is -2.52. The van der Waals surface area contributed by atoms with E-state index in [1.54, 1.807) is 4.90 Å². The third kappa shape index (κ3) is 5.43. The van der Waals surface area contributed by atoms with Gasteiger partial charge in [0.2, 0.25) is 11.8 Å². The van der Waals surface area contributed by atoms with Crippen molar-refractivity contribution in [1.82, 2.24) is 15.5 Å². The van der Waals surface area contributed by atoms with Gasteiger partial charge < -0.3 is 19.7 Å². The summed E-state index contributed by atoms with van der Waals surface area (Å²) in [6, 6.07) is 15.4. The summed E-state index contributed by atoms with van der Waals surface area (Å²) < 4.78 is 8.45. The lowest BCUT2D eigenvalue weighted by molar-refractivity contribution is -0.136. The summed E-state index contributed by atoms with van der Waals surface area (Å²) in [5, 5.41) is 5.67. The average molecular weight is 483 g/mol. The molecule has 2 fully saturated rings. The second-order valence-electron chi connectivity index (χ2n) is 8.70. The molecule has 0 bridgehead atoms. The molecule has 0 aliphatic carbocycles. The quantitative estimate of drug-likeness (QED) is 0.455. The number of nitrogens with zero attached hydrogens (tertiary/aromatic N) is 2. The Morgan fingerprint density at radius 1 is 1.03 bits per heavy atom. The summed E-state index contributed by atoms with van der Waals surface area (Å²) in [5.41, 5.74) is 2.77. The molecule has 8 nitrogen and oxygen atoms in total. The minimum absolute atomic E-state index is 0.116. The molecule has 0 saturated carbocycles. The van der Waals surface area contributed by atoms with Gasteiger partial charge in [0, 0.05) is 60.3 Å². The molecule has 180 valence electrons. The maximum Gasteiger partial charge on any atom is 0.255 e. The Kier molecular flexibility index (Phi) is 7.87. The fourth-order valence-corrected chi connectivity index (χ4v) is 4.94. The number of fused-ring (bicyclic) bond motifs is 1. The number of amides is 3. The number of piperidine rings is 2. The van der Waals surface area contributed by atoms with Crippen LogP contribution in [-0.2, 0) is 16.1 Å². The maximum atomic E-state index is 12.7. The van der Waals surface area contributed by atoms with E-state index in [9.17, 15) is 14.4 Å². The van der Waals surface area contributed by atoms with E-state index in [0.717, 1.165) is 54.1 Å². The predicted octanol–water partition coefficient (Wildman–Crippen LogP) is 2.89. The standard InChI is InChI=1S/C19H24N4O3.C6H6OS/c1-20-13-6-8-22(9-7-13)14-2-3-15-12(10-14)11-23(19(15)26)16-4-5-17(24)21-18(16)25;7-8-6-4-2-1-3-5-6/h2-3,10,13,16,20H,4-9,11H2,1H3,(H,21,24,25);1-5,7H. The van der Waals surface area contributed by atoms with Gasteiger partial charge in [0.15, 0.2) is 0 Å². The van der Waals surface area contributed by atoms with Crippen LogP contribution in [0.2, 0.25) is 0 Å². The van der Waals surface area contributed by atoms with Gasteiger partial charge in [-0.15, -0.1) is 0 Å².